The lowest BCUT2D eigenvalue weighted by Gasteiger charge is -2.13. The number of carboxylic acids is 1. The largest absolute Gasteiger partial charge is 0.497 e. The molecule has 136 valence electrons. The van der Waals surface area contributed by atoms with Crippen LogP contribution in [0.3, 0.4) is 0 Å². The number of rotatable bonds is 7. The number of hydrogen-bond acceptors (Lipinski definition) is 6. The molecule has 0 bridgehead atoms. The maximum absolute atomic E-state index is 10.7. The van der Waals surface area contributed by atoms with Gasteiger partial charge in [-0.25, -0.2) is 14.5 Å². The topological polar surface area (TPSA) is 107 Å². The van der Waals surface area contributed by atoms with Gasteiger partial charge in [-0.1, -0.05) is 0 Å². The molecule has 0 radical (unpaired) electrons. The molecule has 3 rings (SSSR count). The van der Waals surface area contributed by atoms with Crippen molar-refractivity contribution < 1.29 is 24.5 Å². The summed E-state index contributed by atoms with van der Waals surface area (Å²) in [6.45, 7) is 1.93. The Morgan fingerprint density at radius 3 is 2.77 bits per heavy atom. The zero-order valence-electron chi connectivity index (χ0n) is 14.4. The van der Waals surface area contributed by atoms with E-state index in [2.05, 4.69) is 10.1 Å². The maximum atomic E-state index is 10.7. The summed E-state index contributed by atoms with van der Waals surface area (Å²) in [7, 11) is 1.58. The zero-order valence-corrected chi connectivity index (χ0v) is 14.4. The number of aliphatic hydroxyl groups excluding tert-OH is 1. The standard InChI is InChI=1S/C18H19N3O5/c1-11-5-7-21(20-11)17-10-16(26-8-6-15(22)18(23)24)13-4-3-12(25-2)9-14(13)19-17/h3-5,7,9-10,15,22H,6,8H2,1-2H3,(H,23,24). The number of aliphatic carboxylic acids is 1. The first-order valence-corrected chi connectivity index (χ1v) is 8.03. The van der Waals surface area contributed by atoms with E-state index in [1.54, 1.807) is 36.2 Å². The van der Waals surface area contributed by atoms with Gasteiger partial charge in [0.15, 0.2) is 11.9 Å². The Balaban J connectivity index is 1.97. The number of benzene rings is 1. The highest BCUT2D eigenvalue weighted by atomic mass is 16.5. The second-order valence-electron chi connectivity index (χ2n) is 5.75. The molecule has 1 aromatic carbocycles. The van der Waals surface area contributed by atoms with E-state index in [0.29, 0.717) is 22.8 Å². The van der Waals surface area contributed by atoms with Gasteiger partial charge >= 0.3 is 5.97 Å². The average molecular weight is 357 g/mol. The molecule has 26 heavy (non-hydrogen) atoms. The van der Waals surface area contributed by atoms with Gasteiger partial charge in [-0.3, -0.25) is 0 Å². The first kappa shape index (κ1) is 17.7. The van der Waals surface area contributed by atoms with Gasteiger partial charge in [0, 0.05) is 30.1 Å². The van der Waals surface area contributed by atoms with Gasteiger partial charge in [0.1, 0.15) is 11.5 Å². The second-order valence-corrected chi connectivity index (χ2v) is 5.75. The normalized spacial score (nSPS) is 12.1. The molecule has 0 saturated heterocycles. The summed E-state index contributed by atoms with van der Waals surface area (Å²) in [6.07, 6.45) is 0.309. The third kappa shape index (κ3) is 3.75. The van der Waals surface area contributed by atoms with Crippen molar-refractivity contribution in [1.82, 2.24) is 14.8 Å². The summed E-state index contributed by atoms with van der Waals surface area (Å²) in [4.78, 5) is 15.3. The van der Waals surface area contributed by atoms with Crippen LogP contribution in [-0.4, -0.2) is 50.8 Å². The summed E-state index contributed by atoms with van der Waals surface area (Å²) < 4.78 is 12.6. The van der Waals surface area contributed by atoms with Crippen molar-refractivity contribution in [2.75, 3.05) is 13.7 Å². The van der Waals surface area contributed by atoms with E-state index in [0.717, 1.165) is 11.1 Å². The minimum atomic E-state index is -1.46. The Morgan fingerprint density at radius 1 is 1.31 bits per heavy atom. The molecule has 2 heterocycles. The lowest BCUT2D eigenvalue weighted by Crippen LogP contribution is -2.22. The second kappa shape index (κ2) is 7.40. The zero-order chi connectivity index (χ0) is 18.7. The van der Waals surface area contributed by atoms with Gasteiger partial charge in [0.05, 0.1) is 24.9 Å². The highest BCUT2D eigenvalue weighted by Gasteiger charge is 2.15. The molecular weight excluding hydrogens is 338 g/mol. The molecule has 2 N–H and O–H groups in total. The summed E-state index contributed by atoms with van der Waals surface area (Å²) in [6, 6.07) is 8.99. The number of carboxylic acid groups (broad SMARTS) is 1. The van der Waals surface area contributed by atoms with Crippen molar-refractivity contribution in [2.24, 2.45) is 0 Å². The van der Waals surface area contributed by atoms with Crippen molar-refractivity contribution in [2.45, 2.75) is 19.4 Å². The number of aryl methyl sites for hydroxylation is 1. The number of methoxy groups -OCH3 is 1. The van der Waals surface area contributed by atoms with Crippen LogP contribution in [0.25, 0.3) is 16.7 Å². The Kier molecular flexibility index (Phi) is 5.04. The number of carbonyl (C=O) groups is 1. The van der Waals surface area contributed by atoms with E-state index in [9.17, 15) is 9.90 Å². The number of nitrogens with zero attached hydrogens (tertiary/aromatic N) is 3. The van der Waals surface area contributed by atoms with Gasteiger partial charge in [0.2, 0.25) is 0 Å². The van der Waals surface area contributed by atoms with E-state index in [-0.39, 0.29) is 13.0 Å². The molecule has 2 aromatic heterocycles. The molecule has 0 fully saturated rings. The lowest BCUT2D eigenvalue weighted by atomic mass is 10.2. The monoisotopic (exact) mass is 357 g/mol. The fourth-order valence-corrected chi connectivity index (χ4v) is 2.47. The van der Waals surface area contributed by atoms with Crippen molar-refractivity contribution >= 4 is 16.9 Å². The molecule has 0 amide bonds. The molecule has 1 unspecified atom stereocenters. The summed E-state index contributed by atoms with van der Waals surface area (Å²) in [5, 5.41) is 23.3. The molecule has 0 aliphatic carbocycles. The first-order valence-electron chi connectivity index (χ1n) is 8.03. The predicted molar refractivity (Wildman–Crippen MR) is 93.9 cm³/mol. The van der Waals surface area contributed by atoms with Gasteiger partial charge in [-0.05, 0) is 25.1 Å². The van der Waals surface area contributed by atoms with Crippen LogP contribution in [0.2, 0.25) is 0 Å². The van der Waals surface area contributed by atoms with Crippen LogP contribution in [0.15, 0.2) is 36.5 Å². The van der Waals surface area contributed by atoms with Crippen LogP contribution in [0.4, 0.5) is 0 Å². The molecular formula is C18H19N3O5. The van der Waals surface area contributed by atoms with Gasteiger partial charge in [0.25, 0.3) is 0 Å². The molecule has 0 aliphatic heterocycles. The number of aromatic nitrogens is 3. The minimum absolute atomic E-state index is 0.0223. The third-order valence-corrected chi connectivity index (χ3v) is 3.86. The Hall–Kier alpha value is -3.13. The smallest absolute Gasteiger partial charge is 0.332 e. The summed E-state index contributed by atoms with van der Waals surface area (Å²) >= 11 is 0. The van der Waals surface area contributed by atoms with E-state index < -0.39 is 12.1 Å². The average Bonchev–Trinajstić information content (AvgIpc) is 3.07. The Bertz CT molecular complexity index is 938. The van der Waals surface area contributed by atoms with Crippen molar-refractivity contribution in [3.63, 3.8) is 0 Å². The predicted octanol–water partition coefficient (Wildman–Crippen LogP) is 1.95. The van der Waals surface area contributed by atoms with Crippen LogP contribution in [0.5, 0.6) is 11.5 Å². The van der Waals surface area contributed by atoms with Gasteiger partial charge < -0.3 is 19.7 Å². The highest BCUT2D eigenvalue weighted by Crippen LogP contribution is 2.30. The fraction of sp³-hybridized carbons (Fsp3) is 0.278. The van der Waals surface area contributed by atoms with Crippen molar-refractivity contribution in [3.05, 3.63) is 42.2 Å². The number of aliphatic hydroxyl groups is 1. The number of fused-ring (bicyclic) bond motifs is 1. The third-order valence-electron chi connectivity index (χ3n) is 3.86. The first-order chi connectivity index (χ1) is 12.5. The van der Waals surface area contributed by atoms with Crippen LogP contribution in [0, 0.1) is 6.92 Å². The highest BCUT2D eigenvalue weighted by molar-refractivity contribution is 5.87. The molecule has 8 nitrogen and oxygen atoms in total. The molecule has 1 atom stereocenters. The van der Waals surface area contributed by atoms with Crippen LogP contribution in [0.1, 0.15) is 12.1 Å². The number of ether oxygens (including phenoxy) is 2. The summed E-state index contributed by atoms with van der Waals surface area (Å²) in [5.41, 5.74) is 1.51. The number of pyridine rings is 1. The van der Waals surface area contributed by atoms with E-state index >= 15 is 0 Å². The van der Waals surface area contributed by atoms with E-state index in [4.69, 9.17) is 14.6 Å². The Morgan fingerprint density at radius 2 is 2.12 bits per heavy atom. The molecule has 3 aromatic rings. The van der Waals surface area contributed by atoms with Gasteiger partial charge in [-0.15, -0.1) is 0 Å². The van der Waals surface area contributed by atoms with E-state index in [1.807, 2.05) is 19.1 Å². The fourth-order valence-electron chi connectivity index (χ4n) is 2.47. The van der Waals surface area contributed by atoms with Crippen molar-refractivity contribution in [3.8, 4) is 17.3 Å². The van der Waals surface area contributed by atoms with Crippen LogP contribution in [-0.2, 0) is 4.79 Å². The Labute approximate surface area is 149 Å². The van der Waals surface area contributed by atoms with Crippen molar-refractivity contribution in [1.29, 1.82) is 0 Å². The molecule has 8 heteroatoms. The SMILES string of the molecule is COc1ccc2c(OCCC(O)C(=O)O)cc(-n3ccc(C)n3)nc2c1. The van der Waals surface area contributed by atoms with E-state index in [1.165, 1.54) is 0 Å². The summed E-state index contributed by atoms with van der Waals surface area (Å²) in [5.74, 6) is 0.475. The van der Waals surface area contributed by atoms with Crippen LogP contribution >= 0.6 is 0 Å². The molecule has 0 aliphatic rings. The minimum Gasteiger partial charge on any atom is -0.497 e. The maximum Gasteiger partial charge on any atom is 0.332 e. The number of hydrogen-bond donors (Lipinski definition) is 2. The molecule has 0 spiro atoms. The van der Waals surface area contributed by atoms with Gasteiger partial charge in [-0.2, -0.15) is 5.10 Å². The van der Waals surface area contributed by atoms with Crippen LogP contribution < -0.4 is 9.47 Å². The molecule has 0 saturated carbocycles. The lowest BCUT2D eigenvalue weighted by molar-refractivity contribution is -0.147. The quantitative estimate of drug-likeness (QED) is 0.665.